The van der Waals surface area contributed by atoms with Gasteiger partial charge < -0.3 is 10.6 Å². The van der Waals surface area contributed by atoms with Crippen LogP contribution in [-0.2, 0) is 10.2 Å². The Morgan fingerprint density at radius 2 is 1.76 bits per heavy atom. The summed E-state index contributed by atoms with van der Waals surface area (Å²) in [6, 6.07) is 10.1. The first kappa shape index (κ1) is 19.9. The number of carbonyl (C=O) groups excluding carboxylic acids is 1. The SMILES string of the molecule is CC(C)C(N)CCN(C)C(=O)C(C)(C)c1ccccc1.Cl. The number of nitrogens with two attached hydrogens (primary N) is 1. The highest BCUT2D eigenvalue weighted by atomic mass is 35.5. The molecule has 1 rings (SSSR count). The lowest BCUT2D eigenvalue weighted by molar-refractivity contribution is -0.135. The van der Waals surface area contributed by atoms with E-state index in [-0.39, 0.29) is 24.4 Å². The molecule has 0 fully saturated rings. The maximum Gasteiger partial charge on any atom is 0.232 e. The van der Waals surface area contributed by atoms with Gasteiger partial charge >= 0.3 is 0 Å². The molecule has 0 spiro atoms. The third-order valence-electron chi connectivity index (χ3n) is 4.03. The largest absolute Gasteiger partial charge is 0.345 e. The van der Waals surface area contributed by atoms with Gasteiger partial charge in [-0.1, -0.05) is 44.2 Å². The van der Waals surface area contributed by atoms with Gasteiger partial charge in [0.25, 0.3) is 0 Å². The van der Waals surface area contributed by atoms with Gasteiger partial charge in [-0.3, -0.25) is 4.79 Å². The van der Waals surface area contributed by atoms with Gasteiger partial charge in [0.05, 0.1) is 5.41 Å². The van der Waals surface area contributed by atoms with Gasteiger partial charge in [0.15, 0.2) is 0 Å². The summed E-state index contributed by atoms with van der Waals surface area (Å²) in [7, 11) is 1.86. The van der Waals surface area contributed by atoms with Crippen LogP contribution in [0.15, 0.2) is 30.3 Å². The van der Waals surface area contributed by atoms with E-state index in [9.17, 15) is 4.79 Å². The van der Waals surface area contributed by atoms with Crippen LogP contribution in [0.5, 0.6) is 0 Å². The molecule has 0 saturated carbocycles. The molecule has 0 heterocycles. The predicted molar refractivity (Wildman–Crippen MR) is 91.8 cm³/mol. The molecule has 120 valence electrons. The van der Waals surface area contributed by atoms with Crippen LogP contribution in [0.25, 0.3) is 0 Å². The van der Waals surface area contributed by atoms with Crippen molar-refractivity contribution in [2.24, 2.45) is 11.7 Å². The third kappa shape index (κ3) is 5.33. The van der Waals surface area contributed by atoms with E-state index in [0.29, 0.717) is 12.5 Å². The van der Waals surface area contributed by atoms with Crippen molar-refractivity contribution < 1.29 is 4.79 Å². The van der Waals surface area contributed by atoms with Crippen LogP contribution in [0.4, 0.5) is 0 Å². The first-order chi connectivity index (χ1) is 9.26. The predicted octanol–water partition coefficient (Wildman–Crippen LogP) is 3.22. The number of halogens is 1. The maximum atomic E-state index is 12.6. The van der Waals surface area contributed by atoms with E-state index in [4.69, 9.17) is 5.73 Å². The Kier molecular flexibility index (Phi) is 7.98. The molecular formula is C17H29ClN2O. The summed E-state index contributed by atoms with van der Waals surface area (Å²) in [6.07, 6.45) is 0.838. The molecule has 0 aliphatic heterocycles. The minimum atomic E-state index is -0.502. The molecule has 1 amide bonds. The fraction of sp³-hybridized carbons (Fsp3) is 0.588. The maximum absolute atomic E-state index is 12.6. The molecule has 3 nitrogen and oxygen atoms in total. The van der Waals surface area contributed by atoms with E-state index in [1.54, 1.807) is 4.90 Å². The van der Waals surface area contributed by atoms with Gasteiger partial charge in [0.1, 0.15) is 0 Å². The Balaban J connectivity index is 0.00000400. The highest BCUT2D eigenvalue weighted by Crippen LogP contribution is 2.25. The van der Waals surface area contributed by atoms with Gasteiger partial charge in [0.2, 0.25) is 5.91 Å². The van der Waals surface area contributed by atoms with Crippen molar-refractivity contribution in [3.05, 3.63) is 35.9 Å². The van der Waals surface area contributed by atoms with Crippen molar-refractivity contribution in [2.75, 3.05) is 13.6 Å². The summed E-state index contributed by atoms with van der Waals surface area (Å²) >= 11 is 0. The molecule has 0 aliphatic rings. The number of hydrogen-bond acceptors (Lipinski definition) is 2. The number of amides is 1. The van der Waals surface area contributed by atoms with E-state index in [1.165, 1.54) is 0 Å². The molecule has 2 N–H and O–H groups in total. The van der Waals surface area contributed by atoms with Gasteiger partial charge in [-0.2, -0.15) is 0 Å². The van der Waals surface area contributed by atoms with Crippen LogP contribution < -0.4 is 5.73 Å². The zero-order chi connectivity index (χ0) is 15.3. The highest BCUT2D eigenvalue weighted by molar-refractivity contribution is 5.87. The molecule has 0 radical (unpaired) electrons. The Morgan fingerprint density at radius 1 is 1.24 bits per heavy atom. The average molecular weight is 313 g/mol. The van der Waals surface area contributed by atoms with E-state index < -0.39 is 5.41 Å². The van der Waals surface area contributed by atoms with Crippen LogP contribution in [0, 0.1) is 5.92 Å². The number of rotatable bonds is 6. The number of nitrogens with zero attached hydrogens (tertiary/aromatic N) is 1. The van der Waals surface area contributed by atoms with E-state index >= 15 is 0 Å². The summed E-state index contributed by atoms with van der Waals surface area (Å²) < 4.78 is 0. The number of carbonyl (C=O) groups is 1. The van der Waals surface area contributed by atoms with Crippen molar-refractivity contribution in [3.63, 3.8) is 0 Å². The molecule has 4 heteroatoms. The molecule has 0 saturated heterocycles. The van der Waals surface area contributed by atoms with Crippen LogP contribution in [-0.4, -0.2) is 30.4 Å². The van der Waals surface area contributed by atoms with Gasteiger partial charge in [-0.05, 0) is 31.7 Å². The average Bonchev–Trinajstić information content (AvgIpc) is 2.44. The fourth-order valence-electron chi connectivity index (χ4n) is 2.23. The molecule has 0 aromatic heterocycles. The topological polar surface area (TPSA) is 46.3 Å². The zero-order valence-corrected chi connectivity index (χ0v) is 14.6. The molecule has 1 aromatic carbocycles. The lowest BCUT2D eigenvalue weighted by Crippen LogP contribution is -2.43. The number of benzene rings is 1. The lowest BCUT2D eigenvalue weighted by atomic mass is 9.83. The molecular weight excluding hydrogens is 284 g/mol. The number of hydrogen-bond donors (Lipinski definition) is 1. The summed E-state index contributed by atoms with van der Waals surface area (Å²) in [4.78, 5) is 14.4. The standard InChI is InChI=1S/C17H28N2O.ClH/c1-13(2)15(18)11-12-19(5)16(20)17(3,4)14-9-7-6-8-10-14;/h6-10,13,15H,11-12,18H2,1-5H3;1H. The lowest BCUT2D eigenvalue weighted by Gasteiger charge is -2.30. The Bertz CT molecular complexity index is 432. The van der Waals surface area contributed by atoms with Crippen molar-refractivity contribution in [1.29, 1.82) is 0 Å². The van der Waals surface area contributed by atoms with Crippen LogP contribution in [0.1, 0.15) is 39.7 Å². The minimum absolute atomic E-state index is 0. The van der Waals surface area contributed by atoms with Gasteiger partial charge in [0, 0.05) is 19.6 Å². The van der Waals surface area contributed by atoms with Crippen LogP contribution in [0.2, 0.25) is 0 Å². The van der Waals surface area contributed by atoms with E-state index in [1.807, 2.05) is 51.2 Å². The molecule has 1 atom stereocenters. The van der Waals surface area contributed by atoms with Crippen molar-refractivity contribution in [1.82, 2.24) is 4.90 Å². The molecule has 1 aromatic rings. The monoisotopic (exact) mass is 312 g/mol. The summed E-state index contributed by atoms with van der Waals surface area (Å²) in [6.45, 7) is 8.88. The second kappa shape index (κ2) is 8.40. The first-order valence-corrected chi connectivity index (χ1v) is 7.33. The normalized spacial score (nSPS) is 12.7. The van der Waals surface area contributed by atoms with Gasteiger partial charge in [-0.15, -0.1) is 12.4 Å². The van der Waals surface area contributed by atoms with Crippen LogP contribution in [0.3, 0.4) is 0 Å². The minimum Gasteiger partial charge on any atom is -0.345 e. The van der Waals surface area contributed by atoms with Crippen LogP contribution >= 0.6 is 12.4 Å². The van der Waals surface area contributed by atoms with Crippen molar-refractivity contribution >= 4 is 18.3 Å². The Labute approximate surface area is 135 Å². The second-order valence-electron chi connectivity index (χ2n) is 6.41. The molecule has 0 bridgehead atoms. The quantitative estimate of drug-likeness (QED) is 0.876. The van der Waals surface area contributed by atoms with Crippen molar-refractivity contribution in [3.8, 4) is 0 Å². The summed E-state index contributed by atoms with van der Waals surface area (Å²) in [5.41, 5.74) is 6.59. The smallest absolute Gasteiger partial charge is 0.232 e. The van der Waals surface area contributed by atoms with Gasteiger partial charge in [-0.25, -0.2) is 0 Å². The van der Waals surface area contributed by atoms with E-state index in [0.717, 1.165) is 12.0 Å². The Hall–Kier alpha value is -1.06. The highest BCUT2D eigenvalue weighted by Gasteiger charge is 2.32. The molecule has 21 heavy (non-hydrogen) atoms. The molecule has 0 aliphatic carbocycles. The number of likely N-dealkylation sites (N-methyl/N-ethyl adjacent to an activating group) is 1. The summed E-state index contributed by atoms with van der Waals surface area (Å²) in [5.74, 6) is 0.584. The second-order valence-corrected chi connectivity index (χ2v) is 6.41. The zero-order valence-electron chi connectivity index (χ0n) is 13.8. The van der Waals surface area contributed by atoms with E-state index in [2.05, 4.69) is 13.8 Å². The van der Waals surface area contributed by atoms with Crippen molar-refractivity contribution in [2.45, 2.75) is 45.6 Å². The Morgan fingerprint density at radius 3 is 2.24 bits per heavy atom. The first-order valence-electron chi connectivity index (χ1n) is 7.33. The third-order valence-corrected chi connectivity index (χ3v) is 4.03. The molecule has 1 unspecified atom stereocenters. The fourth-order valence-corrected chi connectivity index (χ4v) is 2.23. The summed E-state index contributed by atoms with van der Waals surface area (Å²) in [5, 5.41) is 0.